The van der Waals surface area contributed by atoms with Gasteiger partial charge in [0.2, 0.25) is 0 Å². The number of amides is 1. The number of nitrogens with two attached hydrogens (primary N) is 1. The summed E-state index contributed by atoms with van der Waals surface area (Å²) >= 11 is 6.08. The van der Waals surface area contributed by atoms with Crippen molar-refractivity contribution in [1.82, 2.24) is 9.97 Å². The van der Waals surface area contributed by atoms with E-state index in [2.05, 4.69) is 9.97 Å². The molecule has 1 heterocycles. The van der Waals surface area contributed by atoms with Crippen LogP contribution in [0.15, 0.2) is 18.3 Å². The minimum absolute atomic E-state index is 0.101. The van der Waals surface area contributed by atoms with Gasteiger partial charge >= 0.3 is 0 Å². The number of nitrogens with zero attached hydrogens (tertiary/aromatic N) is 1. The SMILES string of the molecule is COc1cc(C)c(Cl)cc1-c1cnc(C(N)=O)[nH]1. The molecule has 1 aromatic heterocycles. The van der Waals surface area contributed by atoms with E-state index in [0.29, 0.717) is 16.5 Å². The van der Waals surface area contributed by atoms with Crippen LogP contribution < -0.4 is 10.5 Å². The normalized spacial score (nSPS) is 10.4. The van der Waals surface area contributed by atoms with Gasteiger partial charge in [-0.15, -0.1) is 0 Å². The Morgan fingerprint density at radius 2 is 2.22 bits per heavy atom. The van der Waals surface area contributed by atoms with E-state index in [1.807, 2.05) is 13.0 Å². The molecule has 2 rings (SSSR count). The van der Waals surface area contributed by atoms with Crippen molar-refractivity contribution in [1.29, 1.82) is 0 Å². The van der Waals surface area contributed by atoms with Gasteiger partial charge in [-0.1, -0.05) is 11.6 Å². The number of rotatable bonds is 3. The monoisotopic (exact) mass is 265 g/mol. The van der Waals surface area contributed by atoms with Crippen LogP contribution in [0, 0.1) is 6.92 Å². The molecule has 0 radical (unpaired) electrons. The van der Waals surface area contributed by atoms with Crippen molar-refractivity contribution in [3.8, 4) is 17.0 Å². The van der Waals surface area contributed by atoms with Crippen molar-refractivity contribution in [3.63, 3.8) is 0 Å². The van der Waals surface area contributed by atoms with Gasteiger partial charge in [-0.05, 0) is 24.6 Å². The second-order valence-corrected chi connectivity index (χ2v) is 4.22. The number of halogens is 1. The molecule has 0 saturated carbocycles. The third kappa shape index (κ3) is 2.17. The molecule has 1 aromatic carbocycles. The number of aryl methyl sites for hydroxylation is 1. The fraction of sp³-hybridized carbons (Fsp3) is 0.167. The van der Waals surface area contributed by atoms with E-state index < -0.39 is 5.91 Å². The molecule has 3 N–H and O–H groups in total. The number of carbonyl (C=O) groups excluding carboxylic acids is 1. The zero-order valence-electron chi connectivity index (χ0n) is 9.95. The highest BCUT2D eigenvalue weighted by Crippen LogP contribution is 2.33. The van der Waals surface area contributed by atoms with Gasteiger partial charge in [-0.2, -0.15) is 0 Å². The van der Waals surface area contributed by atoms with Gasteiger partial charge in [-0.25, -0.2) is 4.98 Å². The third-order valence-corrected chi connectivity index (χ3v) is 2.99. The van der Waals surface area contributed by atoms with Crippen LogP contribution in [0.2, 0.25) is 5.02 Å². The lowest BCUT2D eigenvalue weighted by molar-refractivity contribution is 0.0991. The van der Waals surface area contributed by atoms with E-state index in [0.717, 1.165) is 11.1 Å². The van der Waals surface area contributed by atoms with Crippen LogP contribution >= 0.6 is 11.6 Å². The Bertz CT molecular complexity index is 607. The molecule has 0 atom stereocenters. The molecular formula is C12H12ClN3O2. The number of H-pyrrole nitrogens is 1. The Balaban J connectivity index is 2.55. The van der Waals surface area contributed by atoms with Crippen LogP contribution in [0.5, 0.6) is 5.75 Å². The average Bonchev–Trinajstić information content (AvgIpc) is 2.81. The van der Waals surface area contributed by atoms with Crippen molar-refractivity contribution in [3.05, 3.63) is 34.7 Å². The third-order valence-electron chi connectivity index (χ3n) is 2.58. The predicted molar refractivity (Wildman–Crippen MR) is 68.8 cm³/mol. The number of benzene rings is 1. The second kappa shape index (κ2) is 4.70. The first-order valence-corrected chi connectivity index (χ1v) is 5.60. The van der Waals surface area contributed by atoms with Gasteiger partial charge in [-0.3, -0.25) is 4.79 Å². The number of aromatic nitrogens is 2. The first-order valence-electron chi connectivity index (χ1n) is 5.22. The molecule has 0 saturated heterocycles. The molecule has 0 unspecified atom stereocenters. The predicted octanol–water partition coefficient (Wildman–Crippen LogP) is 2.15. The van der Waals surface area contributed by atoms with Crippen molar-refractivity contribution in [2.24, 2.45) is 5.73 Å². The van der Waals surface area contributed by atoms with Crippen LogP contribution in [-0.4, -0.2) is 23.0 Å². The van der Waals surface area contributed by atoms with Crippen LogP contribution in [0.1, 0.15) is 16.2 Å². The lowest BCUT2D eigenvalue weighted by Crippen LogP contribution is -2.12. The molecule has 0 bridgehead atoms. The van der Waals surface area contributed by atoms with Crippen LogP contribution in [-0.2, 0) is 0 Å². The molecule has 0 aliphatic heterocycles. The van der Waals surface area contributed by atoms with Crippen molar-refractivity contribution in [2.45, 2.75) is 6.92 Å². The Kier molecular flexibility index (Phi) is 3.25. The highest BCUT2D eigenvalue weighted by Gasteiger charge is 2.13. The van der Waals surface area contributed by atoms with Gasteiger partial charge in [0, 0.05) is 10.6 Å². The molecule has 2 aromatic rings. The van der Waals surface area contributed by atoms with Crippen molar-refractivity contribution < 1.29 is 9.53 Å². The molecule has 5 nitrogen and oxygen atoms in total. The standard InChI is InChI=1S/C12H12ClN3O2/c1-6-3-10(18-2)7(4-8(6)13)9-5-15-12(16-9)11(14)17/h3-5H,1-2H3,(H2,14,17)(H,15,16). The summed E-state index contributed by atoms with van der Waals surface area (Å²) in [6.07, 6.45) is 1.52. The maximum absolute atomic E-state index is 11.0. The molecular weight excluding hydrogens is 254 g/mol. The largest absolute Gasteiger partial charge is 0.496 e. The zero-order chi connectivity index (χ0) is 13.3. The number of nitrogens with one attached hydrogen (secondary N) is 1. The summed E-state index contributed by atoms with van der Waals surface area (Å²) in [5.74, 6) is 0.138. The number of carbonyl (C=O) groups is 1. The number of hydrogen-bond acceptors (Lipinski definition) is 3. The van der Waals surface area contributed by atoms with Gasteiger partial charge in [0.25, 0.3) is 5.91 Å². The number of methoxy groups -OCH3 is 1. The molecule has 0 spiro atoms. The summed E-state index contributed by atoms with van der Waals surface area (Å²) in [7, 11) is 1.57. The summed E-state index contributed by atoms with van der Waals surface area (Å²) in [5.41, 5.74) is 7.41. The number of primary amides is 1. The summed E-state index contributed by atoms with van der Waals surface area (Å²) in [4.78, 5) is 17.7. The fourth-order valence-corrected chi connectivity index (χ4v) is 1.78. The van der Waals surface area contributed by atoms with Crippen LogP contribution in [0.25, 0.3) is 11.3 Å². The lowest BCUT2D eigenvalue weighted by atomic mass is 10.1. The van der Waals surface area contributed by atoms with E-state index in [1.54, 1.807) is 13.2 Å². The number of hydrogen-bond donors (Lipinski definition) is 2. The molecule has 6 heteroatoms. The number of imidazole rings is 1. The van der Waals surface area contributed by atoms with E-state index in [4.69, 9.17) is 22.1 Å². The topological polar surface area (TPSA) is 81.0 Å². The number of ether oxygens (including phenoxy) is 1. The maximum Gasteiger partial charge on any atom is 0.284 e. The summed E-state index contributed by atoms with van der Waals surface area (Å²) < 4.78 is 5.28. The molecule has 0 aliphatic carbocycles. The van der Waals surface area contributed by atoms with Crippen LogP contribution in [0.4, 0.5) is 0 Å². The lowest BCUT2D eigenvalue weighted by Gasteiger charge is -2.09. The average molecular weight is 266 g/mol. The Hall–Kier alpha value is -2.01. The number of aromatic amines is 1. The zero-order valence-corrected chi connectivity index (χ0v) is 10.7. The molecule has 18 heavy (non-hydrogen) atoms. The Labute approximate surface area is 109 Å². The first kappa shape index (κ1) is 12.4. The quantitative estimate of drug-likeness (QED) is 0.892. The van der Waals surface area contributed by atoms with E-state index in [1.165, 1.54) is 6.20 Å². The van der Waals surface area contributed by atoms with Crippen molar-refractivity contribution >= 4 is 17.5 Å². The van der Waals surface area contributed by atoms with Gasteiger partial charge in [0.15, 0.2) is 5.82 Å². The smallest absolute Gasteiger partial charge is 0.284 e. The van der Waals surface area contributed by atoms with Crippen molar-refractivity contribution in [2.75, 3.05) is 7.11 Å². The molecule has 0 fully saturated rings. The van der Waals surface area contributed by atoms with Gasteiger partial charge in [0.05, 0.1) is 19.0 Å². The summed E-state index contributed by atoms with van der Waals surface area (Å²) in [6, 6.07) is 3.58. The molecule has 0 aliphatic rings. The highest BCUT2D eigenvalue weighted by atomic mass is 35.5. The Morgan fingerprint density at radius 3 is 2.78 bits per heavy atom. The van der Waals surface area contributed by atoms with E-state index in [-0.39, 0.29) is 5.82 Å². The minimum atomic E-state index is -0.613. The minimum Gasteiger partial charge on any atom is -0.496 e. The van der Waals surface area contributed by atoms with Crippen LogP contribution in [0.3, 0.4) is 0 Å². The highest BCUT2D eigenvalue weighted by molar-refractivity contribution is 6.31. The summed E-state index contributed by atoms with van der Waals surface area (Å²) in [6.45, 7) is 1.89. The van der Waals surface area contributed by atoms with E-state index >= 15 is 0 Å². The second-order valence-electron chi connectivity index (χ2n) is 3.81. The van der Waals surface area contributed by atoms with Gasteiger partial charge < -0.3 is 15.5 Å². The molecule has 94 valence electrons. The summed E-state index contributed by atoms with van der Waals surface area (Å²) in [5, 5.41) is 0.612. The fourth-order valence-electron chi connectivity index (χ4n) is 1.62. The van der Waals surface area contributed by atoms with E-state index in [9.17, 15) is 4.79 Å². The van der Waals surface area contributed by atoms with Gasteiger partial charge in [0.1, 0.15) is 5.75 Å². The first-order chi connectivity index (χ1) is 8.52. The Morgan fingerprint density at radius 1 is 1.50 bits per heavy atom. The molecule has 1 amide bonds. The maximum atomic E-state index is 11.0.